The van der Waals surface area contributed by atoms with Gasteiger partial charge >= 0.3 is 0 Å². The van der Waals surface area contributed by atoms with E-state index < -0.39 is 26.6 Å². The van der Waals surface area contributed by atoms with Crippen LogP contribution in [0.5, 0.6) is 0 Å². The Labute approximate surface area is 146 Å². The van der Waals surface area contributed by atoms with Crippen molar-refractivity contribution >= 4 is 10.0 Å². The Hall–Kier alpha value is -2.73. The molecular formula is C14H13F2N7O2S. The number of halogens is 2. The summed E-state index contributed by atoms with van der Waals surface area (Å²) in [5.41, 5.74) is 0.632. The van der Waals surface area contributed by atoms with E-state index in [9.17, 15) is 17.2 Å². The van der Waals surface area contributed by atoms with Crippen molar-refractivity contribution in [1.82, 2.24) is 34.3 Å². The van der Waals surface area contributed by atoms with E-state index in [-0.39, 0.29) is 19.1 Å². The highest BCUT2D eigenvalue weighted by Gasteiger charge is 2.39. The van der Waals surface area contributed by atoms with Crippen molar-refractivity contribution in [1.29, 1.82) is 0 Å². The van der Waals surface area contributed by atoms with Gasteiger partial charge in [-0.15, -0.1) is 5.10 Å². The average molecular weight is 381 g/mol. The van der Waals surface area contributed by atoms with Crippen molar-refractivity contribution in [3.63, 3.8) is 0 Å². The van der Waals surface area contributed by atoms with Gasteiger partial charge in [-0.05, 0) is 12.1 Å². The maximum absolute atomic E-state index is 13.8. The molecule has 136 valence electrons. The molecule has 3 aromatic rings. The third kappa shape index (κ3) is 2.97. The largest absolute Gasteiger partial charge is 0.246 e. The van der Waals surface area contributed by atoms with E-state index in [1.54, 1.807) is 23.3 Å². The van der Waals surface area contributed by atoms with Crippen LogP contribution in [0.2, 0.25) is 0 Å². The molecule has 1 saturated heterocycles. The number of nitrogens with zero attached hydrogens (tertiary/aromatic N) is 7. The lowest BCUT2D eigenvalue weighted by atomic mass is 10.2. The summed E-state index contributed by atoms with van der Waals surface area (Å²) < 4.78 is 54.3. The minimum Gasteiger partial charge on any atom is -0.246 e. The zero-order valence-corrected chi connectivity index (χ0v) is 14.1. The van der Waals surface area contributed by atoms with Crippen molar-refractivity contribution < 1.29 is 17.2 Å². The van der Waals surface area contributed by atoms with Crippen LogP contribution in [0.25, 0.3) is 0 Å². The molecule has 0 N–H and O–H groups in total. The van der Waals surface area contributed by atoms with E-state index in [0.717, 1.165) is 16.4 Å². The Balaban J connectivity index is 1.44. The van der Waals surface area contributed by atoms with Crippen LogP contribution < -0.4 is 0 Å². The third-order valence-corrected chi connectivity index (χ3v) is 5.91. The molecule has 26 heavy (non-hydrogen) atoms. The highest BCUT2D eigenvalue weighted by atomic mass is 32.2. The third-order valence-electron chi connectivity index (χ3n) is 4.04. The lowest BCUT2D eigenvalue weighted by Gasteiger charge is -2.37. The number of benzene rings is 1. The van der Waals surface area contributed by atoms with Crippen molar-refractivity contribution in [2.75, 3.05) is 13.1 Å². The molecule has 0 radical (unpaired) electrons. The average Bonchev–Trinajstić information content (AvgIpc) is 3.18. The molecular weight excluding hydrogens is 368 g/mol. The molecule has 1 aliphatic heterocycles. The van der Waals surface area contributed by atoms with E-state index in [4.69, 9.17) is 0 Å². The van der Waals surface area contributed by atoms with Gasteiger partial charge in [0.25, 0.3) is 0 Å². The minimum absolute atomic E-state index is 0.127. The maximum atomic E-state index is 13.8. The van der Waals surface area contributed by atoms with Gasteiger partial charge in [0.1, 0.15) is 28.8 Å². The molecule has 0 spiro atoms. The molecule has 0 unspecified atom stereocenters. The second-order valence-electron chi connectivity index (χ2n) is 5.80. The summed E-state index contributed by atoms with van der Waals surface area (Å²) in [5.74, 6) is -1.94. The molecule has 3 heterocycles. The van der Waals surface area contributed by atoms with Gasteiger partial charge in [0.2, 0.25) is 10.0 Å². The fourth-order valence-electron chi connectivity index (χ4n) is 2.64. The smallest absolute Gasteiger partial charge is 0.246 e. The predicted molar refractivity (Wildman–Crippen MR) is 83.3 cm³/mol. The zero-order chi connectivity index (χ0) is 18.3. The van der Waals surface area contributed by atoms with Crippen LogP contribution in [0.3, 0.4) is 0 Å². The van der Waals surface area contributed by atoms with E-state index in [2.05, 4.69) is 20.5 Å². The SMILES string of the molecule is O=S(=O)(c1ccc(F)cc1F)N1CC(n2cc(Cn3nccn3)nn2)C1. The molecule has 1 fully saturated rings. The quantitative estimate of drug-likeness (QED) is 0.636. The number of hydrogen-bond acceptors (Lipinski definition) is 6. The summed E-state index contributed by atoms with van der Waals surface area (Å²) in [6.45, 7) is 0.604. The Morgan fingerprint density at radius 3 is 2.58 bits per heavy atom. The Morgan fingerprint density at radius 2 is 1.88 bits per heavy atom. The van der Waals surface area contributed by atoms with Gasteiger partial charge in [0, 0.05) is 19.2 Å². The molecule has 2 aromatic heterocycles. The predicted octanol–water partition coefficient (Wildman–Crippen LogP) is 0.442. The van der Waals surface area contributed by atoms with E-state index in [0.29, 0.717) is 18.3 Å². The van der Waals surface area contributed by atoms with Crippen LogP contribution >= 0.6 is 0 Å². The van der Waals surface area contributed by atoms with Crippen LogP contribution in [-0.4, -0.2) is 55.8 Å². The van der Waals surface area contributed by atoms with Crippen LogP contribution in [0.15, 0.2) is 41.7 Å². The highest BCUT2D eigenvalue weighted by molar-refractivity contribution is 7.89. The molecule has 0 aliphatic carbocycles. The first kappa shape index (κ1) is 16.7. The Bertz CT molecular complexity index is 1030. The summed E-state index contributed by atoms with van der Waals surface area (Å²) in [5, 5.41) is 15.9. The Morgan fingerprint density at radius 1 is 1.15 bits per heavy atom. The Kier molecular flexibility index (Phi) is 4.00. The van der Waals surface area contributed by atoms with Gasteiger partial charge in [-0.3, -0.25) is 0 Å². The summed E-state index contributed by atoms with van der Waals surface area (Å²) in [6, 6.07) is 2.19. The van der Waals surface area contributed by atoms with Crippen molar-refractivity contribution in [2.45, 2.75) is 17.5 Å². The molecule has 1 aromatic carbocycles. The minimum atomic E-state index is -4.02. The second-order valence-corrected chi connectivity index (χ2v) is 7.71. The fourth-order valence-corrected chi connectivity index (χ4v) is 4.20. The van der Waals surface area contributed by atoms with Crippen LogP contribution in [0.1, 0.15) is 11.7 Å². The van der Waals surface area contributed by atoms with Gasteiger partial charge in [-0.25, -0.2) is 21.9 Å². The van der Waals surface area contributed by atoms with Gasteiger partial charge in [-0.2, -0.15) is 19.3 Å². The lowest BCUT2D eigenvalue weighted by Crippen LogP contribution is -2.50. The van der Waals surface area contributed by atoms with Gasteiger partial charge < -0.3 is 0 Å². The van der Waals surface area contributed by atoms with Crippen LogP contribution in [0, 0.1) is 11.6 Å². The highest BCUT2D eigenvalue weighted by Crippen LogP contribution is 2.29. The second kappa shape index (κ2) is 6.21. The van der Waals surface area contributed by atoms with Crippen molar-refractivity contribution in [3.8, 4) is 0 Å². The van der Waals surface area contributed by atoms with Gasteiger partial charge in [-0.1, -0.05) is 5.21 Å². The number of rotatable bonds is 5. The van der Waals surface area contributed by atoms with Crippen LogP contribution in [-0.2, 0) is 16.6 Å². The lowest BCUT2D eigenvalue weighted by molar-refractivity contribution is 0.188. The molecule has 4 rings (SSSR count). The molecule has 0 atom stereocenters. The normalized spacial score (nSPS) is 15.9. The summed E-state index contributed by atoms with van der Waals surface area (Å²) >= 11 is 0. The van der Waals surface area contributed by atoms with Gasteiger partial charge in [0.05, 0.1) is 24.6 Å². The summed E-state index contributed by atoms with van der Waals surface area (Å²) in [6.07, 6.45) is 4.79. The first-order chi connectivity index (χ1) is 12.4. The fraction of sp³-hybridized carbons (Fsp3) is 0.286. The summed E-state index contributed by atoms with van der Waals surface area (Å²) in [4.78, 5) is 0.907. The van der Waals surface area contributed by atoms with E-state index >= 15 is 0 Å². The molecule has 12 heteroatoms. The molecule has 0 bridgehead atoms. The zero-order valence-electron chi connectivity index (χ0n) is 13.3. The summed E-state index contributed by atoms with van der Waals surface area (Å²) in [7, 11) is -4.02. The van der Waals surface area contributed by atoms with Gasteiger partial charge in [0.15, 0.2) is 0 Å². The number of hydrogen-bond donors (Lipinski definition) is 0. The topological polar surface area (TPSA) is 98.8 Å². The molecule has 9 nitrogen and oxygen atoms in total. The standard InChI is InChI=1S/C14H13F2N7O2S/c15-10-1-2-14(13(16)5-10)26(24,25)21-8-12(9-21)22-6-11(19-20-22)7-23-17-3-4-18-23/h1-6,12H,7-9H2. The van der Waals surface area contributed by atoms with E-state index in [1.165, 1.54) is 4.80 Å². The molecule has 1 aliphatic rings. The number of aromatic nitrogens is 6. The monoisotopic (exact) mass is 381 g/mol. The van der Waals surface area contributed by atoms with Crippen LogP contribution in [0.4, 0.5) is 8.78 Å². The maximum Gasteiger partial charge on any atom is 0.246 e. The first-order valence-electron chi connectivity index (χ1n) is 7.63. The number of sulfonamides is 1. The molecule has 0 amide bonds. The first-order valence-corrected chi connectivity index (χ1v) is 9.07. The van der Waals surface area contributed by atoms with Crippen molar-refractivity contribution in [2.24, 2.45) is 0 Å². The van der Waals surface area contributed by atoms with Crippen molar-refractivity contribution in [3.05, 3.63) is 54.1 Å². The van der Waals surface area contributed by atoms with E-state index in [1.807, 2.05) is 0 Å². The molecule has 0 saturated carbocycles.